The number of ether oxygens (including phenoxy) is 3. The van der Waals surface area contributed by atoms with Crippen LogP contribution in [0.4, 0.5) is 11.4 Å². The predicted molar refractivity (Wildman–Crippen MR) is 105 cm³/mol. The van der Waals surface area contributed by atoms with Crippen LogP contribution in [0.2, 0.25) is 0 Å². The molecule has 8 nitrogen and oxygen atoms in total. The summed E-state index contributed by atoms with van der Waals surface area (Å²) in [5.41, 5.74) is 3.31. The van der Waals surface area contributed by atoms with E-state index in [-0.39, 0.29) is 24.5 Å². The summed E-state index contributed by atoms with van der Waals surface area (Å²) in [5, 5.41) is 12.5. The normalized spacial score (nSPS) is 13.0. The Morgan fingerprint density at radius 3 is 2.54 bits per heavy atom. The van der Waals surface area contributed by atoms with Gasteiger partial charge in [0.05, 0.1) is 44.3 Å². The number of hydrogen-bond acceptors (Lipinski definition) is 7. The average Bonchev–Trinajstić information content (AvgIpc) is 2.68. The molecule has 0 spiro atoms. The van der Waals surface area contributed by atoms with E-state index in [0.29, 0.717) is 18.9 Å². The van der Waals surface area contributed by atoms with Gasteiger partial charge in [0.1, 0.15) is 0 Å². The zero-order valence-electron chi connectivity index (χ0n) is 16.6. The second kappa shape index (κ2) is 10.6. The first kappa shape index (κ1) is 21.6. The first-order valence-corrected chi connectivity index (χ1v) is 9.07. The Labute approximate surface area is 164 Å². The minimum Gasteiger partial charge on any atom is -0.481 e. The number of rotatable bonds is 11. The molecule has 0 radical (unpaired) electrons. The molecule has 0 unspecified atom stereocenters. The summed E-state index contributed by atoms with van der Waals surface area (Å²) in [6.45, 7) is 4.81. The first-order valence-electron chi connectivity index (χ1n) is 9.07. The molecule has 2 atom stereocenters. The minimum atomic E-state index is -0.869. The summed E-state index contributed by atoms with van der Waals surface area (Å²) in [7, 11) is 3.07. The third-order valence-electron chi connectivity index (χ3n) is 4.28. The molecule has 2 aromatic rings. The molecule has 0 amide bonds. The molecule has 8 heteroatoms. The molecular weight excluding hydrogens is 362 g/mol. The summed E-state index contributed by atoms with van der Waals surface area (Å²) in [6, 6.07) is 6.09. The molecule has 28 heavy (non-hydrogen) atoms. The fraction of sp³-hybridized carbons (Fsp3) is 0.450. The van der Waals surface area contributed by atoms with Gasteiger partial charge in [-0.25, -0.2) is 9.97 Å². The van der Waals surface area contributed by atoms with E-state index >= 15 is 0 Å². The second-order valence-corrected chi connectivity index (χ2v) is 6.28. The van der Waals surface area contributed by atoms with Gasteiger partial charge < -0.3 is 24.6 Å². The Bertz CT molecular complexity index is 767. The number of nitrogens with zero attached hydrogens (tertiary/aromatic N) is 2. The van der Waals surface area contributed by atoms with E-state index in [9.17, 15) is 9.90 Å². The Morgan fingerprint density at radius 1 is 1.25 bits per heavy atom. The van der Waals surface area contributed by atoms with Gasteiger partial charge in [0.15, 0.2) is 0 Å². The highest BCUT2D eigenvalue weighted by Gasteiger charge is 2.19. The molecule has 152 valence electrons. The van der Waals surface area contributed by atoms with Crippen LogP contribution in [0.25, 0.3) is 0 Å². The summed E-state index contributed by atoms with van der Waals surface area (Å²) in [5.74, 6) is -1.13. The molecule has 0 saturated heterocycles. The highest BCUT2D eigenvalue weighted by molar-refractivity contribution is 5.69. The smallest absolute Gasteiger partial charge is 0.316 e. The third kappa shape index (κ3) is 5.90. The van der Waals surface area contributed by atoms with Crippen LogP contribution in [0, 0.1) is 0 Å². The van der Waals surface area contributed by atoms with Crippen molar-refractivity contribution in [2.24, 2.45) is 0 Å². The van der Waals surface area contributed by atoms with Crippen molar-refractivity contribution in [3.63, 3.8) is 0 Å². The third-order valence-corrected chi connectivity index (χ3v) is 4.28. The van der Waals surface area contributed by atoms with Crippen LogP contribution in [0.3, 0.4) is 0 Å². The number of aromatic nitrogens is 2. The Kier molecular flexibility index (Phi) is 8.16. The zero-order valence-corrected chi connectivity index (χ0v) is 16.6. The van der Waals surface area contributed by atoms with Gasteiger partial charge in [-0.3, -0.25) is 4.79 Å². The van der Waals surface area contributed by atoms with Gasteiger partial charge in [0.2, 0.25) is 0 Å². The van der Waals surface area contributed by atoms with Crippen LogP contribution in [0.15, 0.2) is 30.6 Å². The number of hydrogen-bond donors (Lipinski definition) is 2. The molecule has 0 saturated carbocycles. The van der Waals surface area contributed by atoms with E-state index in [4.69, 9.17) is 14.2 Å². The van der Waals surface area contributed by atoms with E-state index in [1.54, 1.807) is 19.5 Å². The topological polar surface area (TPSA) is 103 Å². The molecule has 0 aliphatic heterocycles. The van der Waals surface area contributed by atoms with Gasteiger partial charge in [-0.05, 0) is 25.5 Å². The van der Waals surface area contributed by atoms with E-state index in [1.165, 1.54) is 7.11 Å². The number of carboxylic acids is 1. The predicted octanol–water partition coefficient (Wildman–Crippen LogP) is 3.53. The number of carbonyl (C=O) groups is 1. The van der Waals surface area contributed by atoms with Gasteiger partial charge in [-0.1, -0.05) is 12.1 Å². The van der Waals surface area contributed by atoms with E-state index in [0.717, 1.165) is 16.8 Å². The molecular formula is C20H27N3O5. The molecule has 0 bridgehead atoms. The number of methoxy groups -OCH3 is 2. The lowest BCUT2D eigenvalue weighted by Gasteiger charge is -2.21. The van der Waals surface area contributed by atoms with Crippen LogP contribution in [0.1, 0.15) is 43.4 Å². The second-order valence-electron chi connectivity index (χ2n) is 6.28. The fourth-order valence-corrected chi connectivity index (χ4v) is 2.96. The van der Waals surface area contributed by atoms with E-state index < -0.39 is 5.97 Å². The summed E-state index contributed by atoms with van der Waals surface area (Å²) < 4.78 is 16.0. The van der Waals surface area contributed by atoms with Crippen molar-refractivity contribution in [3.05, 3.63) is 41.7 Å². The van der Waals surface area contributed by atoms with Crippen molar-refractivity contribution >= 4 is 17.3 Å². The first-order chi connectivity index (χ1) is 13.5. The Hall–Kier alpha value is -2.71. The van der Waals surface area contributed by atoms with E-state index in [1.807, 2.05) is 32.0 Å². The number of nitrogens with one attached hydrogen (secondary N) is 1. The maximum atomic E-state index is 11.2. The van der Waals surface area contributed by atoms with Crippen molar-refractivity contribution in [1.29, 1.82) is 0 Å². The molecule has 0 fully saturated rings. The maximum Gasteiger partial charge on any atom is 0.316 e. The number of benzene rings is 1. The van der Waals surface area contributed by atoms with Gasteiger partial charge in [-0.2, -0.15) is 0 Å². The van der Waals surface area contributed by atoms with Crippen molar-refractivity contribution < 1.29 is 24.1 Å². The number of anilines is 2. The maximum absolute atomic E-state index is 11.2. The lowest BCUT2D eigenvalue weighted by atomic mass is 9.93. The molecule has 0 aliphatic carbocycles. The summed E-state index contributed by atoms with van der Waals surface area (Å²) >= 11 is 0. The number of aliphatic carboxylic acids is 1. The van der Waals surface area contributed by atoms with Crippen LogP contribution in [0.5, 0.6) is 6.01 Å². The molecule has 1 aromatic carbocycles. The lowest BCUT2D eigenvalue weighted by Crippen LogP contribution is -2.13. The van der Waals surface area contributed by atoms with Crippen LogP contribution in [-0.2, 0) is 14.3 Å². The Morgan fingerprint density at radius 2 is 1.96 bits per heavy atom. The van der Waals surface area contributed by atoms with Gasteiger partial charge in [0, 0.05) is 30.9 Å². The van der Waals surface area contributed by atoms with Crippen LogP contribution < -0.4 is 10.1 Å². The average molecular weight is 389 g/mol. The molecule has 1 heterocycles. The molecule has 2 rings (SSSR count). The van der Waals surface area contributed by atoms with Crippen molar-refractivity contribution in [3.8, 4) is 6.01 Å². The minimum absolute atomic E-state index is 0.0146. The molecule has 2 N–H and O–H groups in total. The van der Waals surface area contributed by atoms with Crippen LogP contribution >= 0.6 is 0 Å². The zero-order chi connectivity index (χ0) is 20.5. The largest absolute Gasteiger partial charge is 0.481 e. The highest BCUT2D eigenvalue weighted by Crippen LogP contribution is 2.32. The van der Waals surface area contributed by atoms with E-state index in [2.05, 4.69) is 15.3 Å². The van der Waals surface area contributed by atoms with Crippen molar-refractivity contribution in [2.45, 2.75) is 32.3 Å². The van der Waals surface area contributed by atoms with Gasteiger partial charge >= 0.3 is 12.0 Å². The summed E-state index contributed by atoms with van der Waals surface area (Å²) in [4.78, 5) is 19.4. The highest BCUT2D eigenvalue weighted by atomic mass is 16.5. The lowest BCUT2D eigenvalue weighted by molar-refractivity contribution is -0.137. The van der Waals surface area contributed by atoms with Gasteiger partial charge in [0.25, 0.3) is 0 Å². The van der Waals surface area contributed by atoms with Crippen LogP contribution in [-0.4, -0.2) is 48.5 Å². The van der Waals surface area contributed by atoms with Gasteiger partial charge in [-0.15, -0.1) is 0 Å². The molecule has 1 aromatic heterocycles. The van der Waals surface area contributed by atoms with Crippen molar-refractivity contribution in [1.82, 2.24) is 9.97 Å². The summed E-state index contributed by atoms with van der Waals surface area (Å²) in [6.07, 6.45) is 3.09. The Balaban J connectivity index is 2.39. The monoisotopic (exact) mass is 389 g/mol. The standard InChI is InChI=1S/C20H27N3O5/c1-5-28-13(2)17-7-6-14(15(12-26-3)9-19(24)25)8-18(17)23-16-10-21-20(27-4)22-11-16/h6-8,10-11,13,15,23H,5,9,12H2,1-4H3,(H,24,25)/t13-,15+/m1/s1. The number of carboxylic acid groups (broad SMARTS) is 1. The molecule has 0 aliphatic rings. The van der Waals surface area contributed by atoms with Crippen molar-refractivity contribution in [2.75, 3.05) is 32.8 Å². The fourth-order valence-electron chi connectivity index (χ4n) is 2.96. The quantitative estimate of drug-likeness (QED) is 0.602. The SMILES string of the molecule is CCO[C@H](C)c1ccc([C@H](COC)CC(=O)O)cc1Nc1cnc(OC)nc1.